The van der Waals surface area contributed by atoms with Crippen LogP contribution in [0, 0.1) is 5.92 Å². The second kappa shape index (κ2) is 4.96. The Labute approximate surface area is 65.3 Å². The molecule has 0 unspecified atom stereocenters. The average Bonchev–Trinajstić information content (AvgIpc) is 1.98. The van der Waals surface area contributed by atoms with E-state index in [1.165, 1.54) is 0 Å². The van der Waals surface area contributed by atoms with E-state index in [2.05, 4.69) is 10.0 Å². The molecule has 0 aliphatic rings. The third-order valence-electron chi connectivity index (χ3n) is 1.46. The van der Waals surface area contributed by atoms with Gasteiger partial charge in [0.2, 0.25) is 0 Å². The molecule has 0 aliphatic carbocycles. The Balaban J connectivity index is 4.12. The molecule has 2 atom stereocenters. The van der Waals surface area contributed by atoms with Gasteiger partial charge in [0.15, 0.2) is 0 Å². The molecule has 0 aromatic rings. The lowest BCUT2D eigenvalue weighted by atomic mass is 10.0. The highest BCUT2D eigenvalue weighted by Gasteiger charge is 2.19. The summed E-state index contributed by atoms with van der Waals surface area (Å²) in [6.07, 6.45) is -0.768. The van der Waals surface area contributed by atoms with Crippen LogP contribution in [0.1, 0.15) is 13.8 Å². The van der Waals surface area contributed by atoms with Crippen molar-refractivity contribution in [3.05, 3.63) is 10.4 Å². The number of rotatable bonds is 4. The van der Waals surface area contributed by atoms with Crippen LogP contribution in [0.4, 0.5) is 0 Å². The van der Waals surface area contributed by atoms with Crippen molar-refractivity contribution in [2.24, 2.45) is 11.0 Å². The number of azide groups is 1. The maximum atomic E-state index is 9.29. The maximum absolute atomic E-state index is 9.29. The van der Waals surface area contributed by atoms with Gasteiger partial charge in [-0.15, -0.1) is 0 Å². The van der Waals surface area contributed by atoms with Crippen molar-refractivity contribution in [1.29, 1.82) is 0 Å². The first kappa shape index (κ1) is 10.2. The quantitative estimate of drug-likeness (QED) is 0.358. The van der Waals surface area contributed by atoms with Crippen molar-refractivity contribution in [2.45, 2.75) is 26.0 Å². The summed E-state index contributed by atoms with van der Waals surface area (Å²) in [5.41, 5.74) is 8.03. The fraction of sp³-hybridized carbons (Fsp3) is 1.00. The van der Waals surface area contributed by atoms with Crippen LogP contribution in [0.3, 0.4) is 0 Å². The van der Waals surface area contributed by atoms with Gasteiger partial charge in [0.25, 0.3) is 0 Å². The summed E-state index contributed by atoms with van der Waals surface area (Å²) in [6.45, 7) is 3.27. The molecule has 0 radical (unpaired) electrons. The molecule has 0 saturated carbocycles. The number of nitrogens with zero attached hydrogens (tertiary/aromatic N) is 3. The third-order valence-corrected chi connectivity index (χ3v) is 1.46. The average molecular weight is 159 g/mol. The van der Waals surface area contributed by atoms with E-state index in [9.17, 15) is 5.11 Å². The number of aliphatic hydroxyl groups excluding tert-OH is 2. The van der Waals surface area contributed by atoms with Crippen molar-refractivity contribution < 1.29 is 10.2 Å². The first-order chi connectivity index (χ1) is 5.13. The Morgan fingerprint density at radius 1 is 1.55 bits per heavy atom. The zero-order chi connectivity index (χ0) is 8.85. The van der Waals surface area contributed by atoms with Crippen molar-refractivity contribution in [3.8, 4) is 0 Å². The van der Waals surface area contributed by atoms with Crippen LogP contribution < -0.4 is 0 Å². The standard InChI is InChI=1S/C6H13N3O2/c1-4(2)6(11)5(3-10)8-9-7/h4-6,10-11H,3H2,1-2H3/t5-,6+/m1/s1. The highest BCUT2D eigenvalue weighted by atomic mass is 16.3. The predicted octanol–water partition coefficient (Wildman–Crippen LogP) is 0.674. The highest BCUT2D eigenvalue weighted by Crippen LogP contribution is 2.08. The normalized spacial score (nSPS) is 15.7. The maximum Gasteiger partial charge on any atom is 0.0866 e. The van der Waals surface area contributed by atoms with Gasteiger partial charge < -0.3 is 10.2 Å². The molecule has 5 heteroatoms. The zero-order valence-corrected chi connectivity index (χ0v) is 6.68. The molecule has 11 heavy (non-hydrogen) atoms. The van der Waals surface area contributed by atoms with Gasteiger partial charge in [-0.05, 0) is 11.4 Å². The van der Waals surface area contributed by atoms with Gasteiger partial charge in [-0.25, -0.2) is 0 Å². The van der Waals surface area contributed by atoms with E-state index in [1.54, 1.807) is 13.8 Å². The van der Waals surface area contributed by atoms with Crippen molar-refractivity contribution >= 4 is 0 Å². The Morgan fingerprint density at radius 2 is 2.09 bits per heavy atom. The lowest BCUT2D eigenvalue weighted by molar-refractivity contribution is 0.0720. The summed E-state index contributed by atoms with van der Waals surface area (Å²) in [4.78, 5) is 2.52. The van der Waals surface area contributed by atoms with Gasteiger partial charge in [-0.2, -0.15) is 0 Å². The molecule has 5 nitrogen and oxygen atoms in total. The molecule has 0 aromatic heterocycles. The Hall–Kier alpha value is -0.770. The first-order valence-corrected chi connectivity index (χ1v) is 3.46. The van der Waals surface area contributed by atoms with Gasteiger partial charge in [0, 0.05) is 4.91 Å². The largest absolute Gasteiger partial charge is 0.396 e. The van der Waals surface area contributed by atoms with Gasteiger partial charge in [-0.1, -0.05) is 19.0 Å². The third kappa shape index (κ3) is 3.23. The topological polar surface area (TPSA) is 89.2 Å². The summed E-state index contributed by atoms with van der Waals surface area (Å²) in [7, 11) is 0. The van der Waals surface area contributed by atoms with E-state index in [-0.39, 0.29) is 12.5 Å². The Kier molecular flexibility index (Phi) is 4.61. The minimum absolute atomic E-state index is 0.0161. The fourth-order valence-corrected chi connectivity index (χ4v) is 0.723. The SMILES string of the molecule is CC(C)[C@H](O)[C@@H](CO)N=[N+]=[N-]. The van der Waals surface area contributed by atoms with Crippen molar-refractivity contribution in [2.75, 3.05) is 6.61 Å². The minimum atomic E-state index is -0.768. The smallest absolute Gasteiger partial charge is 0.0866 e. The van der Waals surface area contributed by atoms with Crippen LogP contribution >= 0.6 is 0 Å². The molecule has 0 amide bonds. The molecule has 0 spiro atoms. The molecular formula is C6H13N3O2. The van der Waals surface area contributed by atoms with Gasteiger partial charge in [-0.3, -0.25) is 0 Å². The van der Waals surface area contributed by atoms with E-state index >= 15 is 0 Å². The molecule has 0 fully saturated rings. The van der Waals surface area contributed by atoms with Crippen molar-refractivity contribution in [1.82, 2.24) is 0 Å². The van der Waals surface area contributed by atoms with Crippen LogP contribution in [-0.2, 0) is 0 Å². The lowest BCUT2D eigenvalue weighted by Crippen LogP contribution is -2.31. The number of hydrogen-bond donors (Lipinski definition) is 2. The summed E-state index contributed by atoms with van der Waals surface area (Å²) in [5, 5.41) is 21.2. The van der Waals surface area contributed by atoms with Gasteiger partial charge >= 0.3 is 0 Å². The van der Waals surface area contributed by atoms with E-state index in [1.807, 2.05) is 0 Å². The Morgan fingerprint density at radius 3 is 2.36 bits per heavy atom. The molecule has 0 rings (SSSR count). The van der Waals surface area contributed by atoms with E-state index in [4.69, 9.17) is 10.6 Å². The highest BCUT2D eigenvalue weighted by molar-refractivity contribution is 4.77. The first-order valence-electron chi connectivity index (χ1n) is 3.46. The number of hydrogen-bond acceptors (Lipinski definition) is 3. The molecule has 0 heterocycles. The van der Waals surface area contributed by atoms with E-state index in [0.717, 1.165) is 0 Å². The molecule has 2 N–H and O–H groups in total. The molecule has 0 saturated heterocycles. The van der Waals surface area contributed by atoms with E-state index in [0.29, 0.717) is 0 Å². The zero-order valence-electron chi connectivity index (χ0n) is 6.68. The van der Waals surface area contributed by atoms with Crippen LogP contribution in [0.25, 0.3) is 10.4 Å². The van der Waals surface area contributed by atoms with Crippen LogP contribution in [0.5, 0.6) is 0 Å². The van der Waals surface area contributed by atoms with Gasteiger partial charge in [0.05, 0.1) is 18.8 Å². The molecule has 64 valence electrons. The van der Waals surface area contributed by atoms with Crippen molar-refractivity contribution in [3.63, 3.8) is 0 Å². The minimum Gasteiger partial charge on any atom is -0.396 e. The van der Waals surface area contributed by atoms with Crippen LogP contribution in [-0.4, -0.2) is 29.0 Å². The van der Waals surface area contributed by atoms with Crippen LogP contribution in [0.2, 0.25) is 0 Å². The summed E-state index contributed by atoms with van der Waals surface area (Å²) in [5.74, 6) is -0.0161. The summed E-state index contributed by atoms with van der Waals surface area (Å²) in [6, 6.07) is -0.722. The Bertz CT molecular complexity index is 154. The molecule has 0 aromatic carbocycles. The molecular weight excluding hydrogens is 146 g/mol. The van der Waals surface area contributed by atoms with Gasteiger partial charge in [0.1, 0.15) is 0 Å². The number of aliphatic hydroxyl groups is 2. The molecule has 0 aliphatic heterocycles. The molecule has 0 bridgehead atoms. The monoisotopic (exact) mass is 159 g/mol. The second-order valence-corrected chi connectivity index (χ2v) is 2.69. The fourth-order valence-electron chi connectivity index (χ4n) is 0.723. The summed E-state index contributed by atoms with van der Waals surface area (Å²) >= 11 is 0. The predicted molar refractivity (Wildman–Crippen MR) is 40.9 cm³/mol. The second-order valence-electron chi connectivity index (χ2n) is 2.69. The lowest BCUT2D eigenvalue weighted by Gasteiger charge is -2.19. The van der Waals surface area contributed by atoms with Crippen LogP contribution in [0.15, 0.2) is 5.11 Å². The summed E-state index contributed by atoms with van der Waals surface area (Å²) < 4.78 is 0. The van der Waals surface area contributed by atoms with E-state index < -0.39 is 12.1 Å².